The molecule has 1 atom stereocenters. The minimum atomic E-state index is -0.256. The van der Waals surface area contributed by atoms with E-state index in [1.165, 1.54) is 70.6 Å². The quantitative estimate of drug-likeness (QED) is 0.107. The van der Waals surface area contributed by atoms with Crippen LogP contribution < -0.4 is 0 Å². The lowest BCUT2D eigenvalue weighted by Crippen LogP contribution is -2.06. The third kappa shape index (κ3) is 16.4. The SMILES string of the molecule is C=C(C)C(=O)OCCCCCCCCC(CCC)CCCCC=CCC. The van der Waals surface area contributed by atoms with Gasteiger partial charge >= 0.3 is 5.97 Å². The number of carbonyl (C=O) groups is 1. The van der Waals surface area contributed by atoms with Gasteiger partial charge in [0.25, 0.3) is 0 Å². The van der Waals surface area contributed by atoms with Gasteiger partial charge in [-0.2, -0.15) is 0 Å². The Hall–Kier alpha value is -1.05. The molecule has 0 aliphatic carbocycles. The molecule has 0 rings (SSSR count). The minimum Gasteiger partial charge on any atom is -0.462 e. The van der Waals surface area contributed by atoms with Crippen molar-refractivity contribution in [3.63, 3.8) is 0 Å². The number of esters is 1. The monoisotopic (exact) mass is 364 g/mol. The Labute approximate surface area is 163 Å². The molecule has 0 fully saturated rings. The number of ether oxygens (including phenoxy) is 1. The number of hydrogen-bond donors (Lipinski definition) is 0. The molecule has 26 heavy (non-hydrogen) atoms. The number of rotatable bonds is 18. The van der Waals surface area contributed by atoms with E-state index in [0.717, 1.165) is 25.2 Å². The van der Waals surface area contributed by atoms with Crippen LogP contribution in [-0.2, 0) is 9.53 Å². The van der Waals surface area contributed by atoms with Crippen LogP contribution in [0.3, 0.4) is 0 Å². The summed E-state index contributed by atoms with van der Waals surface area (Å²) in [5.41, 5.74) is 0.490. The zero-order valence-corrected chi connectivity index (χ0v) is 17.9. The average molecular weight is 365 g/mol. The predicted molar refractivity (Wildman–Crippen MR) is 114 cm³/mol. The highest BCUT2D eigenvalue weighted by Crippen LogP contribution is 2.22. The van der Waals surface area contributed by atoms with Gasteiger partial charge in [0, 0.05) is 5.57 Å². The molecule has 0 aromatic rings. The largest absolute Gasteiger partial charge is 0.462 e. The van der Waals surface area contributed by atoms with E-state index in [9.17, 15) is 4.79 Å². The lowest BCUT2D eigenvalue weighted by Gasteiger charge is -2.15. The maximum atomic E-state index is 11.2. The normalized spacial score (nSPS) is 12.4. The summed E-state index contributed by atoms with van der Waals surface area (Å²) in [5, 5.41) is 0. The Balaban J connectivity index is 3.54. The second-order valence-corrected chi connectivity index (χ2v) is 7.65. The first-order chi connectivity index (χ1) is 12.6. The van der Waals surface area contributed by atoms with Crippen LogP contribution in [-0.4, -0.2) is 12.6 Å². The summed E-state index contributed by atoms with van der Waals surface area (Å²) in [6, 6.07) is 0. The van der Waals surface area contributed by atoms with Crippen LogP contribution in [0.15, 0.2) is 24.3 Å². The van der Waals surface area contributed by atoms with E-state index in [1.807, 2.05) is 0 Å². The Bertz CT molecular complexity index is 370. The Kier molecular flexibility index (Phi) is 18.0. The van der Waals surface area contributed by atoms with Gasteiger partial charge < -0.3 is 4.74 Å². The van der Waals surface area contributed by atoms with E-state index >= 15 is 0 Å². The van der Waals surface area contributed by atoms with Crippen LogP contribution in [0.25, 0.3) is 0 Å². The molecular formula is C24H44O2. The molecular weight excluding hydrogens is 320 g/mol. The van der Waals surface area contributed by atoms with Crippen LogP contribution in [0.1, 0.15) is 111 Å². The van der Waals surface area contributed by atoms with E-state index < -0.39 is 0 Å². The number of allylic oxidation sites excluding steroid dienone is 2. The van der Waals surface area contributed by atoms with Gasteiger partial charge in [-0.15, -0.1) is 0 Å². The van der Waals surface area contributed by atoms with Crippen molar-refractivity contribution in [3.05, 3.63) is 24.3 Å². The Morgan fingerprint density at radius 2 is 1.50 bits per heavy atom. The number of hydrogen-bond acceptors (Lipinski definition) is 2. The van der Waals surface area contributed by atoms with Crippen molar-refractivity contribution in [1.29, 1.82) is 0 Å². The van der Waals surface area contributed by atoms with Crippen molar-refractivity contribution in [3.8, 4) is 0 Å². The van der Waals surface area contributed by atoms with Crippen LogP contribution in [0, 0.1) is 5.92 Å². The van der Waals surface area contributed by atoms with Gasteiger partial charge in [-0.05, 0) is 38.5 Å². The van der Waals surface area contributed by atoms with E-state index in [4.69, 9.17) is 4.74 Å². The Morgan fingerprint density at radius 3 is 2.12 bits per heavy atom. The van der Waals surface area contributed by atoms with E-state index in [1.54, 1.807) is 6.92 Å². The fraction of sp³-hybridized carbons (Fsp3) is 0.792. The molecule has 0 saturated carbocycles. The summed E-state index contributed by atoms with van der Waals surface area (Å²) in [6.45, 7) is 10.3. The van der Waals surface area contributed by atoms with Crippen molar-refractivity contribution in [2.24, 2.45) is 5.92 Å². The fourth-order valence-corrected chi connectivity index (χ4v) is 3.35. The highest BCUT2D eigenvalue weighted by Gasteiger charge is 2.07. The minimum absolute atomic E-state index is 0.256. The highest BCUT2D eigenvalue weighted by molar-refractivity contribution is 5.86. The lowest BCUT2D eigenvalue weighted by molar-refractivity contribution is -0.139. The third-order valence-corrected chi connectivity index (χ3v) is 4.92. The summed E-state index contributed by atoms with van der Waals surface area (Å²) in [5.74, 6) is 0.685. The van der Waals surface area contributed by atoms with Crippen molar-refractivity contribution >= 4 is 5.97 Å². The molecule has 0 amide bonds. The molecule has 1 unspecified atom stereocenters. The first-order valence-corrected chi connectivity index (χ1v) is 11.1. The van der Waals surface area contributed by atoms with Gasteiger partial charge in [0.1, 0.15) is 0 Å². The highest BCUT2D eigenvalue weighted by atomic mass is 16.5. The first-order valence-electron chi connectivity index (χ1n) is 11.1. The number of unbranched alkanes of at least 4 members (excludes halogenated alkanes) is 7. The Morgan fingerprint density at radius 1 is 0.885 bits per heavy atom. The molecule has 152 valence electrons. The van der Waals surface area contributed by atoms with Crippen molar-refractivity contribution in [1.82, 2.24) is 0 Å². The molecule has 0 heterocycles. The predicted octanol–water partition coefficient (Wildman–Crippen LogP) is 7.78. The molecule has 0 spiro atoms. The van der Waals surface area contributed by atoms with Gasteiger partial charge in [0.15, 0.2) is 0 Å². The standard InChI is InChI=1S/C24H44O2/c1-5-7-8-9-12-15-19-23(18-6-2)20-16-13-10-11-14-17-21-26-24(25)22(3)4/h7-8,23H,3,5-6,9-21H2,1-2,4H3. The van der Waals surface area contributed by atoms with Gasteiger partial charge in [-0.3, -0.25) is 0 Å². The first kappa shape index (κ1) is 24.9. The molecule has 0 aromatic heterocycles. The van der Waals surface area contributed by atoms with Crippen molar-refractivity contribution in [2.45, 2.75) is 111 Å². The van der Waals surface area contributed by atoms with Crippen LogP contribution in [0.4, 0.5) is 0 Å². The summed E-state index contributed by atoms with van der Waals surface area (Å²) < 4.78 is 5.12. The fourth-order valence-electron chi connectivity index (χ4n) is 3.35. The van der Waals surface area contributed by atoms with Crippen LogP contribution >= 0.6 is 0 Å². The van der Waals surface area contributed by atoms with Crippen molar-refractivity contribution < 1.29 is 9.53 Å². The van der Waals surface area contributed by atoms with Gasteiger partial charge in [-0.1, -0.05) is 96.8 Å². The maximum absolute atomic E-state index is 11.2. The molecule has 0 aliphatic heterocycles. The van der Waals surface area contributed by atoms with E-state index in [0.29, 0.717) is 12.2 Å². The summed E-state index contributed by atoms with van der Waals surface area (Å²) in [6.07, 6.45) is 22.8. The molecule has 0 saturated heterocycles. The van der Waals surface area contributed by atoms with Gasteiger partial charge in [0.2, 0.25) is 0 Å². The summed E-state index contributed by atoms with van der Waals surface area (Å²) in [4.78, 5) is 11.2. The van der Waals surface area contributed by atoms with Crippen LogP contribution in [0.2, 0.25) is 0 Å². The molecule has 0 N–H and O–H groups in total. The van der Waals surface area contributed by atoms with Gasteiger partial charge in [0.05, 0.1) is 6.61 Å². The molecule has 2 heteroatoms. The zero-order valence-electron chi connectivity index (χ0n) is 17.9. The summed E-state index contributed by atoms with van der Waals surface area (Å²) in [7, 11) is 0. The number of carbonyl (C=O) groups excluding carboxylic acids is 1. The third-order valence-electron chi connectivity index (χ3n) is 4.92. The van der Waals surface area contributed by atoms with E-state index in [-0.39, 0.29) is 5.97 Å². The smallest absolute Gasteiger partial charge is 0.333 e. The summed E-state index contributed by atoms with van der Waals surface area (Å²) >= 11 is 0. The molecule has 0 radical (unpaired) electrons. The lowest BCUT2D eigenvalue weighted by atomic mass is 9.91. The topological polar surface area (TPSA) is 26.3 Å². The molecule has 0 aromatic carbocycles. The second kappa shape index (κ2) is 18.7. The van der Waals surface area contributed by atoms with Gasteiger partial charge in [-0.25, -0.2) is 4.79 Å². The second-order valence-electron chi connectivity index (χ2n) is 7.65. The molecule has 0 bridgehead atoms. The zero-order chi connectivity index (χ0) is 19.5. The average Bonchev–Trinajstić information content (AvgIpc) is 2.62. The van der Waals surface area contributed by atoms with Crippen LogP contribution in [0.5, 0.6) is 0 Å². The maximum Gasteiger partial charge on any atom is 0.333 e. The van der Waals surface area contributed by atoms with E-state index in [2.05, 4.69) is 32.6 Å². The molecule has 0 aliphatic rings. The molecule has 2 nitrogen and oxygen atoms in total. The van der Waals surface area contributed by atoms with Crippen molar-refractivity contribution in [2.75, 3.05) is 6.61 Å².